The van der Waals surface area contributed by atoms with Crippen LogP contribution in [0.4, 0.5) is 0 Å². The van der Waals surface area contributed by atoms with Crippen LogP contribution >= 0.6 is 0 Å². The number of hydrogen-bond donors (Lipinski definition) is 2. The summed E-state index contributed by atoms with van der Waals surface area (Å²) in [5.41, 5.74) is -0.897. The normalized spacial score (nSPS) is 12.7. The molecule has 126 valence electrons. The Kier molecular flexibility index (Phi) is 8.04. The van der Waals surface area contributed by atoms with Crippen molar-refractivity contribution in [2.75, 3.05) is 6.61 Å². The second-order valence-electron chi connectivity index (χ2n) is 5.07. The molecule has 0 heterocycles. The van der Waals surface area contributed by atoms with E-state index in [1.165, 1.54) is 0 Å². The summed E-state index contributed by atoms with van der Waals surface area (Å²) in [4.78, 5) is 22.7. The fourth-order valence-corrected chi connectivity index (χ4v) is 2.86. The number of rotatable bonds is 10. The van der Waals surface area contributed by atoms with Crippen molar-refractivity contribution in [2.45, 2.75) is 39.0 Å². The molecule has 1 atom stereocenters. The predicted octanol–water partition coefficient (Wildman–Crippen LogP) is 1.43. The van der Waals surface area contributed by atoms with Crippen LogP contribution in [-0.4, -0.2) is 37.4 Å². The van der Waals surface area contributed by atoms with Crippen molar-refractivity contribution in [3.8, 4) is 0 Å². The lowest BCUT2D eigenvalue weighted by Crippen LogP contribution is -2.45. The highest BCUT2D eigenvalue weighted by molar-refractivity contribution is 7.87. The minimum atomic E-state index is -4.02. The van der Waals surface area contributed by atoms with E-state index in [4.69, 9.17) is 9.29 Å². The van der Waals surface area contributed by atoms with Crippen LogP contribution in [0.1, 0.15) is 33.6 Å². The van der Waals surface area contributed by atoms with Crippen molar-refractivity contribution < 1.29 is 27.3 Å². The molecule has 1 amide bonds. The third-order valence-electron chi connectivity index (χ3n) is 2.83. The van der Waals surface area contributed by atoms with Gasteiger partial charge < -0.3 is 10.4 Å². The molecule has 0 spiro atoms. The maximum absolute atomic E-state index is 12.1. The van der Waals surface area contributed by atoms with Crippen LogP contribution in [0.2, 0.25) is 0 Å². The molecule has 0 rings (SSSR count). The van der Waals surface area contributed by atoms with E-state index in [1.807, 2.05) is 6.92 Å². The molecule has 7 nitrogen and oxygen atoms in total. The Morgan fingerprint density at radius 3 is 2.18 bits per heavy atom. The van der Waals surface area contributed by atoms with Gasteiger partial charge in [0.1, 0.15) is 0 Å². The average Bonchev–Trinajstić information content (AvgIpc) is 2.42. The molecule has 0 radical (unpaired) electrons. The summed E-state index contributed by atoms with van der Waals surface area (Å²) < 4.78 is 29.1. The lowest BCUT2D eigenvalue weighted by Gasteiger charge is -2.22. The first-order valence-corrected chi connectivity index (χ1v) is 8.32. The first kappa shape index (κ1) is 20.3. The lowest BCUT2D eigenvalue weighted by atomic mass is 10.1. The zero-order chi connectivity index (χ0) is 17.5. The van der Waals surface area contributed by atoms with E-state index in [2.05, 4.69) is 18.5 Å². The van der Waals surface area contributed by atoms with Crippen molar-refractivity contribution in [3.05, 3.63) is 24.3 Å². The van der Waals surface area contributed by atoms with Gasteiger partial charge in [0, 0.05) is 5.57 Å². The summed E-state index contributed by atoms with van der Waals surface area (Å²) >= 11 is 0. The van der Waals surface area contributed by atoms with Crippen LogP contribution < -0.4 is 5.32 Å². The quantitative estimate of drug-likeness (QED) is 0.271. The average molecular weight is 333 g/mol. The molecule has 0 aromatic rings. The molecule has 0 saturated carbocycles. The van der Waals surface area contributed by atoms with Gasteiger partial charge in [-0.3, -0.25) is 8.98 Å². The minimum absolute atomic E-state index is 0.0285. The van der Waals surface area contributed by atoms with Crippen molar-refractivity contribution in [1.29, 1.82) is 0 Å². The van der Waals surface area contributed by atoms with E-state index in [0.717, 1.165) is 6.42 Å². The summed E-state index contributed by atoms with van der Waals surface area (Å²) in [6.07, 6.45) is 1.34. The molecular formula is C14H23NO6S. The van der Waals surface area contributed by atoms with Crippen LogP contribution in [0.25, 0.3) is 0 Å². The fourth-order valence-electron chi connectivity index (χ4n) is 1.45. The van der Waals surface area contributed by atoms with Crippen LogP contribution in [0.3, 0.4) is 0 Å². The van der Waals surface area contributed by atoms with Crippen LogP contribution in [0.15, 0.2) is 24.3 Å². The maximum Gasteiger partial charge on any atom is 0.335 e. The maximum atomic E-state index is 12.1. The highest BCUT2D eigenvalue weighted by Crippen LogP contribution is 2.14. The zero-order valence-electron chi connectivity index (χ0n) is 13.1. The van der Waals surface area contributed by atoms with Gasteiger partial charge in [0.05, 0.1) is 12.2 Å². The standard InChI is InChI=1S/C14H23NO6S/c1-6-7-8-21-22(19,20)13(9(2)3)15-12(16)10(4)11(5)14(17)18/h9,13H,4-8H2,1-3H3,(H,15,16)(H,17,18). The number of carbonyl (C=O) groups is 2. The second kappa shape index (κ2) is 8.70. The Morgan fingerprint density at radius 1 is 1.23 bits per heavy atom. The van der Waals surface area contributed by atoms with E-state index in [1.54, 1.807) is 13.8 Å². The number of unbranched alkanes of at least 4 members (excludes halogenated alkanes) is 1. The molecule has 22 heavy (non-hydrogen) atoms. The van der Waals surface area contributed by atoms with Crippen LogP contribution in [0.5, 0.6) is 0 Å². The van der Waals surface area contributed by atoms with E-state index in [0.29, 0.717) is 6.42 Å². The van der Waals surface area contributed by atoms with Gasteiger partial charge in [-0.05, 0) is 12.3 Å². The molecule has 0 aliphatic heterocycles. The third-order valence-corrected chi connectivity index (χ3v) is 4.61. The molecule has 0 aliphatic rings. The van der Waals surface area contributed by atoms with E-state index < -0.39 is 44.4 Å². The third kappa shape index (κ3) is 5.98. The molecule has 0 aliphatic carbocycles. The molecule has 0 bridgehead atoms. The summed E-state index contributed by atoms with van der Waals surface area (Å²) in [6.45, 7) is 11.6. The number of nitrogens with one attached hydrogen (secondary N) is 1. The Hall–Kier alpha value is -1.67. The smallest absolute Gasteiger partial charge is 0.335 e. The number of carboxylic acid groups (broad SMARTS) is 1. The Bertz CT molecular complexity index is 550. The van der Waals surface area contributed by atoms with E-state index in [9.17, 15) is 18.0 Å². The van der Waals surface area contributed by atoms with Crippen molar-refractivity contribution in [3.63, 3.8) is 0 Å². The molecule has 0 aromatic carbocycles. The largest absolute Gasteiger partial charge is 0.478 e. The van der Waals surface area contributed by atoms with Crippen LogP contribution in [-0.2, 0) is 23.9 Å². The highest BCUT2D eigenvalue weighted by Gasteiger charge is 2.32. The Labute approximate surface area is 131 Å². The number of carboxylic acids is 1. The summed E-state index contributed by atoms with van der Waals surface area (Å²) in [5, 5.41) is 9.71. The van der Waals surface area contributed by atoms with Crippen molar-refractivity contribution in [1.82, 2.24) is 5.32 Å². The topological polar surface area (TPSA) is 110 Å². The molecule has 1 unspecified atom stereocenters. The van der Waals surface area contributed by atoms with Gasteiger partial charge in [-0.2, -0.15) is 8.42 Å². The molecular weight excluding hydrogens is 310 g/mol. The Morgan fingerprint density at radius 2 is 1.77 bits per heavy atom. The van der Waals surface area contributed by atoms with Gasteiger partial charge in [0.2, 0.25) is 0 Å². The van der Waals surface area contributed by atoms with Gasteiger partial charge in [0.15, 0.2) is 5.37 Å². The highest BCUT2D eigenvalue weighted by atomic mass is 32.2. The van der Waals surface area contributed by atoms with Gasteiger partial charge in [-0.25, -0.2) is 4.79 Å². The fraction of sp³-hybridized carbons (Fsp3) is 0.571. The van der Waals surface area contributed by atoms with Crippen molar-refractivity contribution in [2.24, 2.45) is 5.92 Å². The zero-order valence-corrected chi connectivity index (χ0v) is 13.9. The summed E-state index contributed by atoms with van der Waals surface area (Å²) in [5.74, 6) is -2.78. The number of amides is 1. The van der Waals surface area contributed by atoms with E-state index in [-0.39, 0.29) is 6.61 Å². The monoisotopic (exact) mass is 333 g/mol. The van der Waals surface area contributed by atoms with Gasteiger partial charge >= 0.3 is 5.97 Å². The first-order chi connectivity index (χ1) is 10.0. The van der Waals surface area contributed by atoms with Gasteiger partial charge in [-0.1, -0.05) is 40.3 Å². The molecule has 0 saturated heterocycles. The first-order valence-electron chi connectivity index (χ1n) is 6.85. The SMILES string of the molecule is C=C(C(=C)C(=O)NC(C(C)C)S(=O)(=O)OCCCC)C(=O)O. The molecule has 0 fully saturated rings. The number of aliphatic carboxylic acids is 1. The predicted molar refractivity (Wildman–Crippen MR) is 82.5 cm³/mol. The number of hydrogen-bond acceptors (Lipinski definition) is 5. The minimum Gasteiger partial charge on any atom is -0.478 e. The van der Waals surface area contributed by atoms with Gasteiger partial charge in [0.25, 0.3) is 16.0 Å². The molecule has 0 aromatic heterocycles. The number of carbonyl (C=O) groups excluding carboxylic acids is 1. The molecule has 2 N–H and O–H groups in total. The summed E-state index contributed by atoms with van der Waals surface area (Å²) in [6, 6.07) is 0. The Balaban J connectivity index is 5.06. The molecule has 8 heteroatoms. The summed E-state index contributed by atoms with van der Waals surface area (Å²) in [7, 11) is -4.02. The van der Waals surface area contributed by atoms with E-state index >= 15 is 0 Å². The van der Waals surface area contributed by atoms with Crippen LogP contribution in [0, 0.1) is 5.92 Å². The van der Waals surface area contributed by atoms with Crippen molar-refractivity contribution >= 4 is 22.0 Å². The van der Waals surface area contributed by atoms with Gasteiger partial charge in [-0.15, -0.1) is 0 Å². The second-order valence-corrected chi connectivity index (χ2v) is 6.80. The lowest BCUT2D eigenvalue weighted by molar-refractivity contribution is -0.133.